The molecule has 22 heavy (non-hydrogen) atoms. The number of aromatic nitrogens is 3. The summed E-state index contributed by atoms with van der Waals surface area (Å²) in [6, 6.07) is 6.06. The molecule has 0 atom stereocenters. The third-order valence-electron chi connectivity index (χ3n) is 3.32. The maximum Gasteiger partial charge on any atom is 0.269 e. The Labute approximate surface area is 141 Å². The van der Waals surface area contributed by atoms with Crippen LogP contribution in [0.15, 0.2) is 36.9 Å². The van der Waals surface area contributed by atoms with Crippen LogP contribution >= 0.6 is 11.8 Å². The molecule has 2 aromatic rings. The number of thioether (sulfide) groups is 1. The van der Waals surface area contributed by atoms with Crippen LogP contribution in [-0.2, 0) is 6.54 Å². The first-order chi connectivity index (χ1) is 10.1. The number of non-ortho nitro benzene ring substituents is 1. The minimum atomic E-state index is -0.482. The number of ketones is 1. The summed E-state index contributed by atoms with van der Waals surface area (Å²) in [5.74, 6) is 2.01. The van der Waals surface area contributed by atoms with E-state index in [-0.39, 0.29) is 35.0 Å². The van der Waals surface area contributed by atoms with Crippen LogP contribution in [0.25, 0.3) is 0 Å². The summed E-state index contributed by atoms with van der Waals surface area (Å²) in [5, 5.41) is 14.8. The van der Waals surface area contributed by atoms with Crippen molar-refractivity contribution in [3.05, 3.63) is 52.6 Å². The topological polar surface area (TPSA) is 81.9 Å². The van der Waals surface area contributed by atoms with Crippen LogP contribution in [0.1, 0.15) is 16.4 Å². The smallest absolute Gasteiger partial charge is 0.269 e. The molecule has 0 N–H and O–H groups in total. The number of halogens is 1. The monoisotopic (exact) mass is 384 g/mol. The molecule has 3 rings (SSSR count). The number of Topliss-reactive ketones (excluding diaryl/α,β-unsaturated/α-hetero) is 1. The number of nitro groups is 1. The van der Waals surface area contributed by atoms with Gasteiger partial charge in [0, 0.05) is 34.3 Å². The lowest BCUT2D eigenvalue weighted by Crippen LogP contribution is -3.00. The molecule has 0 radical (unpaired) electrons. The molecule has 0 amide bonds. The van der Waals surface area contributed by atoms with Gasteiger partial charge in [-0.15, -0.1) is 4.68 Å². The van der Waals surface area contributed by atoms with Crippen molar-refractivity contribution in [2.45, 2.75) is 12.6 Å². The van der Waals surface area contributed by atoms with Gasteiger partial charge in [-0.2, -0.15) is 11.8 Å². The van der Waals surface area contributed by atoms with Crippen LogP contribution in [0.4, 0.5) is 5.69 Å². The van der Waals surface area contributed by atoms with E-state index in [2.05, 4.69) is 5.10 Å². The first-order valence-electron chi connectivity index (χ1n) is 6.42. The highest BCUT2D eigenvalue weighted by molar-refractivity contribution is 8.00. The predicted octanol–water partition coefficient (Wildman–Crippen LogP) is -1.75. The number of hydrogen-bond acceptors (Lipinski definition) is 5. The van der Waals surface area contributed by atoms with E-state index in [0.29, 0.717) is 11.6 Å². The summed E-state index contributed by atoms with van der Waals surface area (Å²) in [5.41, 5.74) is 0.439. The molecule has 0 unspecified atom stereocenters. The van der Waals surface area contributed by atoms with Crippen molar-refractivity contribution in [2.24, 2.45) is 0 Å². The fourth-order valence-electron chi connectivity index (χ4n) is 2.01. The minimum Gasteiger partial charge on any atom is -1.00 e. The van der Waals surface area contributed by atoms with Gasteiger partial charge in [-0.25, -0.2) is 4.57 Å². The normalized spacial score (nSPS) is 14.0. The van der Waals surface area contributed by atoms with Gasteiger partial charge in [0.2, 0.25) is 6.33 Å². The van der Waals surface area contributed by atoms with Gasteiger partial charge >= 0.3 is 0 Å². The third-order valence-corrected chi connectivity index (χ3v) is 4.56. The van der Waals surface area contributed by atoms with Crippen LogP contribution < -0.4 is 21.5 Å². The van der Waals surface area contributed by atoms with Gasteiger partial charge in [-0.05, 0) is 12.1 Å². The van der Waals surface area contributed by atoms with Crippen LogP contribution in [0.5, 0.6) is 0 Å². The van der Waals surface area contributed by atoms with Crippen molar-refractivity contribution in [3.63, 3.8) is 0 Å². The molecule has 1 aromatic heterocycles. The maximum absolute atomic E-state index is 12.1. The molecule has 0 bridgehead atoms. The highest BCUT2D eigenvalue weighted by Crippen LogP contribution is 2.27. The zero-order chi connectivity index (χ0) is 14.8. The Bertz CT molecular complexity index is 685. The van der Waals surface area contributed by atoms with E-state index in [0.717, 1.165) is 11.5 Å². The zero-order valence-corrected chi connectivity index (χ0v) is 13.9. The summed E-state index contributed by atoms with van der Waals surface area (Å²) in [6.45, 7) is 0.178. The molecule has 0 spiro atoms. The Balaban J connectivity index is 0.00000176. The molecule has 0 aliphatic carbocycles. The Morgan fingerprint density at radius 2 is 2.09 bits per heavy atom. The Morgan fingerprint density at radius 3 is 2.64 bits per heavy atom. The van der Waals surface area contributed by atoms with Crippen molar-refractivity contribution in [2.75, 3.05) is 11.5 Å². The molecule has 9 heteroatoms. The predicted molar refractivity (Wildman–Crippen MR) is 76.2 cm³/mol. The molecule has 1 aliphatic heterocycles. The molecular formula is C13H13BrN4O3S. The summed E-state index contributed by atoms with van der Waals surface area (Å²) in [7, 11) is 0. The summed E-state index contributed by atoms with van der Waals surface area (Å²) in [4.78, 5) is 22.2. The van der Waals surface area contributed by atoms with Crippen molar-refractivity contribution in [1.29, 1.82) is 0 Å². The van der Waals surface area contributed by atoms with Gasteiger partial charge < -0.3 is 17.0 Å². The lowest BCUT2D eigenvalue weighted by Gasteiger charge is -2.19. The number of nitrogens with zero attached hydrogens (tertiary/aromatic N) is 4. The Kier molecular flexibility index (Phi) is 5.30. The fraction of sp³-hybridized carbons (Fsp3) is 0.308. The third kappa shape index (κ3) is 3.53. The van der Waals surface area contributed by atoms with Gasteiger partial charge in [0.25, 0.3) is 12.0 Å². The first kappa shape index (κ1) is 16.6. The van der Waals surface area contributed by atoms with E-state index in [1.807, 2.05) is 22.8 Å². The highest BCUT2D eigenvalue weighted by Gasteiger charge is 2.26. The van der Waals surface area contributed by atoms with Gasteiger partial charge in [0.15, 0.2) is 5.78 Å². The molecule has 7 nitrogen and oxygen atoms in total. The fourth-order valence-corrected chi connectivity index (χ4v) is 2.76. The lowest BCUT2D eigenvalue weighted by molar-refractivity contribution is -0.684. The average molecular weight is 385 g/mol. The Morgan fingerprint density at radius 1 is 1.41 bits per heavy atom. The lowest BCUT2D eigenvalue weighted by atomic mass is 10.1. The summed E-state index contributed by atoms with van der Waals surface area (Å²) >= 11 is 1.87. The number of nitro benzene ring substituents is 1. The van der Waals surface area contributed by atoms with Crippen molar-refractivity contribution in [3.8, 4) is 0 Å². The van der Waals surface area contributed by atoms with Gasteiger partial charge in [-0.3, -0.25) is 14.9 Å². The van der Waals surface area contributed by atoms with E-state index in [9.17, 15) is 14.9 Å². The number of hydrogen-bond donors (Lipinski definition) is 0. The minimum absolute atomic E-state index is 0. The second-order valence-electron chi connectivity index (χ2n) is 4.82. The van der Waals surface area contributed by atoms with E-state index in [4.69, 9.17) is 0 Å². The second-order valence-corrected chi connectivity index (χ2v) is 5.89. The molecule has 1 aliphatic rings. The van der Waals surface area contributed by atoms with Crippen molar-refractivity contribution >= 4 is 23.2 Å². The van der Waals surface area contributed by atoms with Crippen LogP contribution in [0.3, 0.4) is 0 Å². The van der Waals surface area contributed by atoms with E-state index in [1.54, 1.807) is 10.9 Å². The van der Waals surface area contributed by atoms with E-state index >= 15 is 0 Å². The number of carbonyl (C=O) groups is 1. The van der Waals surface area contributed by atoms with Gasteiger partial charge in [0.1, 0.15) is 12.6 Å². The van der Waals surface area contributed by atoms with Crippen molar-refractivity contribution in [1.82, 2.24) is 9.78 Å². The highest BCUT2D eigenvalue weighted by atomic mass is 79.9. The summed E-state index contributed by atoms with van der Waals surface area (Å²) < 4.78 is 3.60. The van der Waals surface area contributed by atoms with Gasteiger partial charge in [-0.1, -0.05) is 0 Å². The quantitative estimate of drug-likeness (QED) is 0.264. The number of benzene rings is 1. The number of carbonyl (C=O) groups excluding carboxylic acids is 1. The molecule has 1 saturated heterocycles. The summed E-state index contributed by atoms with van der Waals surface area (Å²) in [6.07, 6.45) is 3.46. The largest absolute Gasteiger partial charge is 1.00 e. The van der Waals surface area contributed by atoms with E-state index in [1.165, 1.54) is 24.3 Å². The zero-order valence-electron chi connectivity index (χ0n) is 11.5. The molecule has 1 aromatic carbocycles. The Hall–Kier alpha value is -1.74. The SMILES string of the molecule is O=C(C[n+]1cnn(C2CSC2)c1)c1ccc([N+](=O)[O-])cc1.[Br-]. The molecule has 0 saturated carbocycles. The van der Waals surface area contributed by atoms with Crippen LogP contribution in [-0.4, -0.2) is 32.0 Å². The molecule has 2 heterocycles. The second kappa shape index (κ2) is 7.01. The number of rotatable bonds is 5. The van der Waals surface area contributed by atoms with Crippen LogP contribution in [0.2, 0.25) is 0 Å². The van der Waals surface area contributed by atoms with E-state index < -0.39 is 4.92 Å². The van der Waals surface area contributed by atoms with Gasteiger partial charge in [0.05, 0.1) is 4.92 Å². The van der Waals surface area contributed by atoms with Crippen molar-refractivity contribution < 1.29 is 31.3 Å². The molecule has 116 valence electrons. The molecule has 1 fully saturated rings. The standard InChI is InChI=1S/C13H13N4O3S.BrH/c18-13(10-1-3-11(4-2-10)17(19)20)5-15-8-14-16(9-15)12-6-21-7-12;/h1-4,8-9,12H,5-7H2;1H/q+1;/p-1. The molecular weight excluding hydrogens is 372 g/mol. The first-order valence-corrected chi connectivity index (χ1v) is 7.57. The average Bonchev–Trinajstić information content (AvgIpc) is 2.85. The van der Waals surface area contributed by atoms with Crippen LogP contribution in [0, 0.1) is 10.1 Å². The maximum atomic E-state index is 12.1.